The first-order valence-corrected chi connectivity index (χ1v) is 11.6. The molecule has 1 amide bonds. The normalized spacial score (nSPS) is 17.4. The average molecular weight is 441 g/mol. The van der Waals surface area contributed by atoms with E-state index in [0.29, 0.717) is 31.6 Å². The molecule has 2 aromatic carbocycles. The number of carbonyl (C=O) groups excluding carboxylic acids is 1. The molecule has 31 heavy (non-hydrogen) atoms. The highest BCUT2D eigenvalue weighted by Gasteiger charge is 2.33. The molecule has 2 heterocycles. The monoisotopic (exact) mass is 440 g/mol. The highest BCUT2D eigenvalue weighted by Crippen LogP contribution is 2.24. The number of aromatic nitrogens is 4. The van der Waals surface area contributed by atoms with Crippen LogP contribution in [0.4, 0.5) is 0 Å². The van der Waals surface area contributed by atoms with E-state index >= 15 is 0 Å². The van der Waals surface area contributed by atoms with Gasteiger partial charge in [0, 0.05) is 19.6 Å². The molecular formula is C21H24N6O3S. The quantitative estimate of drug-likeness (QED) is 0.595. The first-order chi connectivity index (χ1) is 15.0. The molecule has 1 aromatic heterocycles. The summed E-state index contributed by atoms with van der Waals surface area (Å²) in [7, 11) is -3.69. The van der Waals surface area contributed by atoms with Gasteiger partial charge < -0.3 is 5.32 Å². The van der Waals surface area contributed by atoms with Crippen molar-refractivity contribution in [2.45, 2.75) is 24.2 Å². The number of hydrogen-bond donors (Lipinski definition) is 1. The summed E-state index contributed by atoms with van der Waals surface area (Å²) >= 11 is 0. The summed E-state index contributed by atoms with van der Waals surface area (Å²) in [6, 6.07) is 16.3. The lowest BCUT2D eigenvalue weighted by Crippen LogP contribution is -2.45. The minimum atomic E-state index is -3.69. The largest absolute Gasteiger partial charge is 0.355 e. The van der Waals surface area contributed by atoms with Gasteiger partial charge in [-0.15, -0.1) is 5.10 Å². The number of carbonyl (C=O) groups is 1. The highest BCUT2D eigenvalue weighted by molar-refractivity contribution is 7.89. The van der Waals surface area contributed by atoms with Crippen molar-refractivity contribution in [1.82, 2.24) is 29.8 Å². The van der Waals surface area contributed by atoms with Gasteiger partial charge in [-0.3, -0.25) is 4.79 Å². The molecule has 1 saturated heterocycles. The van der Waals surface area contributed by atoms with E-state index < -0.39 is 10.0 Å². The molecule has 0 bridgehead atoms. The van der Waals surface area contributed by atoms with Crippen LogP contribution in [-0.4, -0.2) is 58.5 Å². The molecule has 0 aliphatic carbocycles. The number of nitrogens with one attached hydrogen (secondary N) is 1. The third kappa shape index (κ3) is 4.97. The zero-order valence-corrected chi connectivity index (χ0v) is 17.8. The number of nitrogens with zero attached hydrogens (tertiary/aromatic N) is 5. The summed E-state index contributed by atoms with van der Waals surface area (Å²) in [5.41, 5.74) is 1.82. The van der Waals surface area contributed by atoms with Crippen molar-refractivity contribution >= 4 is 15.9 Å². The number of hydrogen-bond acceptors (Lipinski definition) is 6. The van der Waals surface area contributed by atoms with Crippen LogP contribution in [0.1, 0.15) is 18.4 Å². The maximum absolute atomic E-state index is 13.1. The van der Waals surface area contributed by atoms with Crippen LogP contribution in [0, 0.1) is 5.92 Å². The number of piperidine rings is 1. The molecule has 1 fully saturated rings. The molecule has 1 unspecified atom stereocenters. The van der Waals surface area contributed by atoms with Gasteiger partial charge in [0.2, 0.25) is 15.9 Å². The lowest BCUT2D eigenvalue weighted by atomic mass is 9.99. The van der Waals surface area contributed by atoms with Crippen LogP contribution in [0.3, 0.4) is 0 Å². The summed E-state index contributed by atoms with van der Waals surface area (Å²) in [4.78, 5) is 12.8. The summed E-state index contributed by atoms with van der Waals surface area (Å²) in [5.74, 6) is -0.440. The van der Waals surface area contributed by atoms with E-state index in [1.807, 2.05) is 30.3 Å². The van der Waals surface area contributed by atoms with Crippen LogP contribution in [0.25, 0.3) is 5.69 Å². The van der Waals surface area contributed by atoms with E-state index in [2.05, 4.69) is 20.8 Å². The number of benzene rings is 2. The third-order valence-corrected chi connectivity index (χ3v) is 7.28. The Morgan fingerprint density at radius 2 is 1.87 bits per heavy atom. The van der Waals surface area contributed by atoms with E-state index in [-0.39, 0.29) is 23.3 Å². The molecule has 4 rings (SSSR count). The minimum Gasteiger partial charge on any atom is -0.355 e. The third-order valence-electron chi connectivity index (χ3n) is 5.40. The van der Waals surface area contributed by atoms with Gasteiger partial charge in [-0.05, 0) is 59.5 Å². The highest BCUT2D eigenvalue weighted by atomic mass is 32.2. The molecule has 0 saturated carbocycles. The fourth-order valence-electron chi connectivity index (χ4n) is 3.69. The Bertz CT molecular complexity index is 1100. The Kier molecular flexibility index (Phi) is 6.38. The van der Waals surface area contributed by atoms with Gasteiger partial charge in [0.15, 0.2) is 0 Å². The minimum absolute atomic E-state index is 0.0927. The predicted molar refractivity (Wildman–Crippen MR) is 114 cm³/mol. The van der Waals surface area contributed by atoms with Crippen LogP contribution < -0.4 is 5.32 Å². The Labute approximate surface area is 181 Å². The van der Waals surface area contributed by atoms with Crippen LogP contribution in [-0.2, 0) is 21.2 Å². The molecule has 1 aliphatic rings. The van der Waals surface area contributed by atoms with Gasteiger partial charge in [0.05, 0.1) is 16.5 Å². The van der Waals surface area contributed by atoms with Crippen LogP contribution >= 0.6 is 0 Å². The number of amides is 1. The first kappa shape index (κ1) is 21.1. The molecule has 162 valence electrons. The lowest BCUT2D eigenvalue weighted by molar-refractivity contribution is -0.126. The summed E-state index contributed by atoms with van der Waals surface area (Å²) in [6.07, 6.45) is 3.52. The molecule has 0 radical (unpaired) electrons. The second-order valence-corrected chi connectivity index (χ2v) is 9.42. The van der Waals surface area contributed by atoms with Crippen molar-refractivity contribution in [1.29, 1.82) is 0 Å². The van der Waals surface area contributed by atoms with Crippen molar-refractivity contribution in [3.05, 3.63) is 66.5 Å². The maximum atomic E-state index is 13.1. The predicted octanol–water partition coefficient (Wildman–Crippen LogP) is 1.42. The fourth-order valence-corrected chi connectivity index (χ4v) is 5.22. The second-order valence-electron chi connectivity index (χ2n) is 7.48. The van der Waals surface area contributed by atoms with Crippen molar-refractivity contribution in [2.75, 3.05) is 19.6 Å². The lowest BCUT2D eigenvalue weighted by Gasteiger charge is -2.31. The topological polar surface area (TPSA) is 110 Å². The first-order valence-electron chi connectivity index (χ1n) is 10.2. The molecule has 9 nitrogen and oxygen atoms in total. The second kappa shape index (κ2) is 9.36. The van der Waals surface area contributed by atoms with Crippen molar-refractivity contribution < 1.29 is 13.2 Å². The van der Waals surface area contributed by atoms with Gasteiger partial charge in [0.25, 0.3) is 0 Å². The average Bonchev–Trinajstić information content (AvgIpc) is 3.35. The zero-order chi connectivity index (χ0) is 21.7. The smallest absolute Gasteiger partial charge is 0.243 e. The summed E-state index contributed by atoms with van der Waals surface area (Å²) in [5, 5.41) is 13.9. The van der Waals surface area contributed by atoms with Gasteiger partial charge in [0.1, 0.15) is 6.33 Å². The van der Waals surface area contributed by atoms with Gasteiger partial charge in [-0.2, -0.15) is 4.31 Å². The van der Waals surface area contributed by atoms with Crippen LogP contribution in [0.2, 0.25) is 0 Å². The van der Waals surface area contributed by atoms with Crippen LogP contribution in [0.15, 0.2) is 65.8 Å². The number of rotatable bonds is 7. The SMILES string of the molecule is O=C(NCCc1ccccc1)C1CCCN(S(=O)(=O)c2ccc(-n3cnnn3)cc2)C1. The van der Waals surface area contributed by atoms with E-state index in [9.17, 15) is 13.2 Å². The fraction of sp³-hybridized carbons (Fsp3) is 0.333. The molecule has 0 spiro atoms. The van der Waals surface area contributed by atoms with Crippen molar-refractivity contribution in [2.24, 2.45) is 5.92 Å². The Hall–Kier alpha value is -3.11. The van der Waals surface area contributed by atoms with Crippen LogP contribution in [0.5, 0.6) is 0 Å². The summed E-state index contributed by atoms with van der Waals surface area (Å²) in [6.45, 7) is 1.13. The summed E-state index contributed by atoms with van der Waals surface area (Å²) < 4.78 is 29.1. The standard InChI is InChI=1S/C21H24N6O3S/c28-21(22-13-12-17-5-2-1-3-6-17)18-7-4-14-26(15-18)31(29,30)20-10-8-19(9-11-20)27-16-23-24-25-27/h1-3,5-6,8-11,16,18H,4,7,12-15H2,(H,22,28). The Morgan fingerprint density at radius 3 is 2.58 bits per heavy atom. The van der Waals surface area contributed by atoms with Crippen molar-refractivity contribution in [3.63, 3.8) is 0 Å². The number of sulfonamides is 1. The van der Waals surface area contributed by atoms with Crippen molar-refractivity contribution in [3.8, 4) is 5.69 Å². The molecule has 3 aromatic rings. The molecule has 1 atom stereocenters. The Morgan fingerprint density at radius 1 is 1.10 bits per heavy atom. The molecule has 10 heteroatoms. The van der Waals surface area contributed by atoms with E-state index in [4.69, 9.17) is 0 Å². The number of tetrazole rings is 1. The van der Waals surface area contributed by atoms with E-state index in [1.54, 1.807) is 12.1 Å². The van der Waals surface area contributed by atoms with Gasteiger partial charge in [-0.1, -0.05) is 30.3 Å². The van der Waals surface area contributed by atoms with Gasteiger partial charge in [-0.25, -0.2) is 13.1 Å². The molecule has 1 N–H and O–H groups in total. The zero-order valence-electron chi connectivity index (χ0n) is 17.0. The van der Waals surface area contributed by atoms with E-state index in [0.717, 1.165) is 12.0 Å². The Balaban J connectivity index is 1.37. The van der Waals surface area contributed by atoms with E-state index in [1.165, 1.54) is 27.4 Å². The molecular weight excluding hydrogens is 416 g/mol. The van der Waals surface area contributed by atoms with Gasteiger partial charge >= 0.3 is 0 Å². The maximum Gasteiger partial charge on any atom is 0.243 e. The molecule has 1 aliphatic heterocycles.